The molecular formula is C20H32BF3O2. The summed E-state index contributed by atoms with van der Waals surface area (Å²) in [5.41, 5.74) is 1.38. The first-order valence-electron chi connectivity index (χ1n) is 10.1. The van der Waals surface area contributed by atoms with E-state index >= 15 is 0 Å². The number of fused-ring (bicyclic) bond motifs is 6. The van der Waals surface area contributed by atoms with Crippen LogP contribution >= 0.6 is 0 Å². The number of ether oxygens (including phenoxy) is 1. The Morgan fingerprint density at radius 1 is 1.00 bits per heavy atom. The Labute approximate surface area is 155 Å². The average molecular weight is 372 g/mol. The zero-order valence-electron chi connectivity index (χ0n) is 16.5. The van der Waals surface area contributed by atoms with Gasteiger partial charge in [0.05, 0.1) is 11.7 Å². The molecule has 7 atom stereocenters. The van der Waals surface area contributed by atoms with Gasteiger partial charge >= 0.3 is 7.54 Å². The molecule has 26 heavy (non-hydrogen) atoms. The van der Waals surface area contributed by atoms with Gasteiger partial charge < -0.3 is 4.74 Å². The van der Waals surface area contributed by atoms with Crippen molar-refractivity contribution >= 4 is 13.3 Å². The third-order valence-electron chi connectivity index (χ3n) is 7.99. The predicted molar refractivity (Wildman–Crippen MR) is 96.7 cm³/mol. The number of carbonyl (C=O) groups is 1. The summed E-state index contributed by atoms with van der Waals surface area (Å²) in [7, 11) is -3.67. The number of halogens is 3. The quantitative estimate of drug-likeness (QED) is 0.407. The van der Waals surface area contributed by atoms with Crippen LogP contribution in [0, 0.1) is 28.6 Å². The third kappa shape index (κ3) is 4.00. The largest absolute Gasteiger partial charge is 0.762 e. The summed E-state index contributed by atoms with van der Waals surface area (Å²) in [5.74, 6) is 2.50. The molecule has 0 amide bonds. The lowest BCUT2D eigenvalue weighted by Crippen LogP contribution is -2.30. The second-order valence-electron chi connectivity index (χ2n) is 10.2. The third-order valence-corrected chi connectivity index (χ3v) is 7.99. The van der Waals surface area contributed by atoms with Crippen molar-refractivity contribution in [1.29, 1.82) is 0 Å². The topological polar surface area (TPSA) is 29.6 Å². The fourth-order valence-electron chi connectivity index (χ4n) is 6.12. The Hall–Kier alpha value is -0.515. The maximum absolute atomic E-state index is 11.5. The number of carbonyl (C=O) groups excluding carboxylic acids is 1. The minimum Gasteiger partial charge on any atom is -0.366 e. The van der Waals surface area contributed by atoms with Crippen molar-refractivity contribution in [2.24, 2.45) is 28.6 Å². The molecule has 7 unspecified atom stereocenters. The molecule has 148 valence electrons. The van der Waals surface area contributed by atoms with Gasteiger partial charge in [0.1, 0.15) is 5.78 Å². The maximum Gasteiger partial charge on any atom is 0.762 e. The highest BCUT2D eigenvalue weighted by molar-refractivity contribution is 6.33. The molecule has 4 bridgehead atoms. The SMILES string of the molecule is CC12CCC(C1)C1(C)OC1C2.CC1C(=O)CC2(C)CCC1C2.FB(F)F. The van der Waals surface area contributed by atoms with Crippen LogP contribution in [0.2, 0.25) is 0 Å². The van der Waals surface area contributed by atoms with E-state index in [9.17, 15) is 17.7 Å². The number of rotatable bonds is 0. The van der Waals surface area contributed by atoms with Crippen LogP contribution in [0.15, 0.2) is 0 Å². The van der Waals surface area contributed by atoms with E-state index in [0.29, 0.717) is 34.2 Å². The zero-order chi connectivity index (χ0) is 19.3. The number of hydrogen-bond donors (Lipinski definition) is 0. The van der Waals surface area contributed by atoms with Gasteiger partial charge in [0.15, 0.2) is 0 Å². The number of hydrogen-bond acceptors (Lipinski definition) is 2. The Morgan fingerprint density at radius 3 is 2.27 bits per heavy atom. The first kappa shape index (κ1) is 20.2. The van der Waals surface area contributed by atoms with Gasteiger partial charge in [-0.15, -0.1) is 0 Å². The van der Waals surface area contributed by atoms with E-state index in [1.165, 1.54) is 44.9 Å². The second kappa shape index (κ2) is 6.82. The minimum absolute atomic E-state index is 0.329. The summed E-state index contributed by atoms with van der Waals surface area (Å²) in [6, 6.07) is 0. The summed E-state index contributed by atoms with van der Waals surface area (Å²) in [4.78, 5) is 11.5. The van der Waals surface area contributed by atoms with E-state index < -0.39 is 7.54 Å². The lowest BCUT2D eigenvalue weighted by molar-refractivity contribution is -0.128. The van der Waals surface area contributed by atoms with Crippen LogP contribution in [0.25, 0.3) is 0 Å². The molecule has 1 saturated heterocycles. The van der Waals surface area contributed by atoms with Gasteiger partial charge in [-0.2, -0.15) is 0 Å². The van der Waals surface area contributed by atoms with Crippen LogP contribution in [0.5, 0.6) is 0 Å². The summed E-state index contributed by atoms with van der Waals surface area (Å²) >= 11 is 0. The van der Waals surface area contributed by atoms with E-state index in [2.05, 4.69) is 27.7 Å². The first-order chi connectivity index (χ1) is 12.0. The fraction of sp³-hybridized carbons (Fsp3) is 0.950. The molecule has 4 saturated carbocycles. The van der Waals surface area contributed by atoms with E-state index in [1.807, 2.05) is 0 Å². The van der Waals surface area contributed by atoms with Crippen molar-refractivity contribution in [3.63, 3.8) is 0 Å². The maximum atomic E-state index is 11.5. The molecule has 5 fully saturated rings. The molecule has 0 N–H and O–H groups in total. The van der Waals surface area contributed by atoms with Gasteiger partial charge in [-0.3, -0.25) is 17.7 Å². The zero-order valence-corrected chi connectivity index (χ0v) is 16.5. The summed E-state index contributed by atoms with van der Waals surface area (Å²) in [6.45, 7) is 9.14. The van der Waals surface area contributed by atoms with E-state index in [4.69, 9.17) is 4.74 Å². The minimum atomic E-state index is -3.67. The summed E-state index contributed by atoms with van der Waals surface area (Å²) in [6.07, 6.45) is 11.0. The highest BCUT2D eigenvalue weighted by atomic mass is 19.4. The normalized spacial score (nSPS) is 50.0. The monoisotopic (exact) mass is 372 g/mol. The van der Waals surface area contributed by atoms with E-state index in [0.717, 1.165) is 18.3 Å². The average Bonchev–Trinajstić information content (AvgIpc) is 2.89. The highest BCUT2D eigenvalue weighted by Gasteiger charge is 2.65. The Kier molecular flexibility index (Phi) is 5.31. The van der Waals surface area contributed by atoms with Crippen LogP contribution in [-0.2, 0) is 9.53 Å². The predicted octanol–water partition coefficient (Wildman–Crippen LogP) is 5.64. The highest BCUT2D eigenvalue weighted by Crippen LogP contribution is 2.63. The Bertz CT molecular complexity index is 552. The fourth-order valence-corrected chi connectivity index (χ4v) is 6.12. The van der Waals surface area contributed by atoms with Crippen LogP contribution in [0.4, 0.5) is 12.9 Å². The molecule has 5 rings (SSSR count). The molecule has 5 aliphatic rings. The van der Waals surface area contributed by atoms with Crippen molar-refractivity contribution in [2.75, 3.05) is 0 Å². The number of Topliss-reactive ketones (excluding diaryl/α,β-unsaturated/α-hetero) is 1. The molecule has 1 heterocycles. The molecule has 6 heteroatoms. The molecule has 2 nitrogen and oxygen atoms in total. The molecule has 0 radical (unpaired) electrons. The molecule has 0 spiro atoms. The van der Waals surface area contributed by atoms with Crippen molar-refractivity contribution in [1.82, 2.24) is 0 Å². The Morgan fingerprint density at radius 2 is 1.62 bits per heavy atom. The second-order valence-corrected chi connectivity index (χ2v) is 10.2. The summed E-state index contributed by atoms with van der Waals surface area (Å²) < 4.78 is 34.8. The van der Waals surface area contributed by atoms with Crippen molar-refractivity contribution in [2.45, 2.75) is 90.8 Å². The van der Waals surface area contributed by atoms with Crippen LogP contribution in [-0.4, -0.2) is 25.0 Å². The van der Waals surface area contributed by atoms with Crippen LogP contribution in [0.3, 0.4) is 0 Å². The van der Waals surface area contributed by atoms with Crippen LogP contribution < -0.4 is 0 Å². The van der Waals surface area contributed by atoms with Gasteiger partial charge in [0.2, 0.25) is 0 Å². The van der Waals surface area contributed by atoms with E-state index in [1.54, 1.807) is 0 Å². The van der Waals surface area contributed by atoms with Gasteiger partial charge in [-0.25, -0.2) is 0 Å². The standard InChI is InChI=1S/2C10H16O.BF3/c1-9-4-3-7(5-9)10(2)8(6-9)11-10;1-7-8-3-4-10(2,5-8)6-9(7)11;2-1(3)4/h2*7-8H,3-6H2,1-2H3;. The number of epoxide rings is 1. The van der Waals surface area contributed by atoms with E-state index in [-0.39, 0.29) is 0 Å². The van der Waals surface area contributed by atoms with Crippen molar-refractivity contribution in [3.8, 4) is 0 Å². The van der Waals surface area contributed by atoms with Crippen LogP contribution in [0.1, 0.15) is 79.1 Å². The van der Waals surface area contributed by atoms with Gasteiger partial charge in [-0.1, -0.05) is 20.8 Å². The molecule has 0 aromatic heterocycles. The van der Waals surface area contributed by atoms with Crippen molar-refractivity contribution < 1.29 is 22.5 Å². The Balaban J connectivity index is 0.000000126. The molecule has 0 aromatic rings. The molecule has 4 aliphatic carbocycles. The smallest absolute Gasteiger partial charge is 0.366 e. The first-order valence-corrected chi connectivity index (χ1v) is 10.1. The van der Waals surface area contributed by atoms with Crippen molar-refractivity contribution in [3.05, 3.63) is 0 Å². The summed E-state index contributed by atoms with van der Waals surface area (Å²) in [5, 5.41) is 0. The number of ketones is 1. The lowest BCUT2D eigenvalue weighted by atomic mass is 9.72. The molecule has 0 aromatic carbocycles. The van der Waals surface area contributed by atoms with Gasteiger partial charge in [0.25, 0.3) is 0 Å². The molecular weight excluding hydrogens is 340 g/mol. The molecule has 1 aliphatic heterocycles. The van der Waals surface area contributed by atoms with Gasteiger partial charge in [0, 0.05) is 12.3 Å². The lowest BCUT2D eigenvalue weighted by Gasteiger charge is -2.31. The van der Waals surface area contributed by atoms with Gasteiger partial charge in [-0.05, 0) is 74.5 Å².